The Balaban J connectivity index is 0.00000107. The molecule has 1 heterocycles. The van der Waals surface area contributed by atoms with Crippen LogP contribution in [-0.2, 0) is 26.8 Å². The summed E-state index contributed by atoms with van der Waals surface area (Å²) in [5, 5.41) is 16.1. The van der Waals surface area contributed by atoms with Gasteiger partial charge in [0, 0.05) is 56.9 Å². The number of aliphatic hydroxyl groups is 2. The van der Waals surface area contributed by atoms with Crippen LogP contribution in [0.2, 0.25) is 0 Å². The van der Waals surface area contributed by atoms with Gasteiger partial charge in [0.2, 0.25) is 11.4 Å². The number of allylic oxidation sites excluding steroid dienone is 2. The Hall–Kier alpha value is -1.90. The second-order valence-corrected chi connectivity index (χ2v) is 9.65. The van der Waals surface area contributed by atoms with Gasteiger partial charge in [-0.05, 0) is 62.4 Å². The molecule has 1 aliphatic heterocycles. The molecule has 0 saturated carbocycles. The van der Waals surface area contributed by atoms with Crippen molar-refractivity contribution in [1.29, 1.82) is 0 Å². The third kappa shape index (κ3) is 14.3. The summed E-state index contributed by atoms with van der Waals surface area (Å²) in [4.78, 5) is 0. The molecule has 0 bridgehead atoms. The number of rotatable bonds is 13. The van der Waals surface area contributed by atoms with Crippen molar-refractivity contribution in [2.75, 3.05) is 13.2 Å². The monoisotopic (exact) mass is 612 g/mol. The van der Waals surface area contributed by atoms with Crippen molar-refractivity contribution in [3.8, 4) is 0 Å². The van der Waals surface area contributed by atoms with E-state index in [0.717, 1.165) is 54.6 Å². The largest absolute Gasteiger partial charge is 0.493 e. The second-order valence-electron chi connectivity index (χ2n) is 9.65. The van der Waals surface area contributed by atoms with Gasteiger partial charge in [-0.1, -0.05) is 95.5 Å². The van der Waals surface area contributed by atoms with Crippen molar-refractivity contribution in [3.63, 3.8) is 0 Å². The van der Waals surface area contributed by atoms with E-state index in [1.54, 1.807) is 0 Å². The normalized spacial score (nSPS) is 11.9. The van der Waals surface area contributed by atoms with Crippen molar-refractivity contribution in [1.82, 2.24) is 0 Å². The van der Waals surface area contributed by atoms with Crippen LogP contribution in [0.25, 0.3) is 16.9 Å². The van der Waals surface area contributed by atoms with Crippen LogP contribution >= 0.6 is 0 Å². The van der Waals surface area contributed by atoms with Gasteiger partial charge in [-0.25, -0.2) is 4.70 Å². The fourth-order valence-electron chi connectivity index (χ4n) is 3.94. The first-order valence-electron chi connectivity index (χ1n) is 14.3. The molecule has 3 rings (SSSR count). The Morgan fingerprint density at radius 3 is 1.68 bits per heavy atom. The zero-order chi connectivity index (χ0) is 27.3. The van der Waals surface area contributed by atoms with Gasteiger partial charge in [0.15, 0.2) is 0 Å². The standard InChI is InChI=1S/C25H30N2.2C4H10O.Pd/c1-3-4-5-6-7-8-11-21-13-15-22(16-14-21)24-17-18-25(27(24)26)23-12-9-10-20(2)19-23;2*1-2-3-4-5;/h9-10,12-19H,3-8,11H2,1-2H3;2*5H,2-4H2,1H3;. The molecule has 2 N–H and O–H groups in total. The number of aryl methyl sites for hydroxylation is 2. The molecule has 0 amide bonds. The van der Waals surface area contributed by atoms with Crippen LogP contribution < -0.4 is 0 Å². The minimum absolute atomic E-state index is 0. The molecule has 0 fully saturated rings. The summed E-state index contributed by atoms with van der Waals surface area (Å²) >= 11 is 0. The third-order valence-corrected chi connectivity index (χ3v) is 6.26. The van der Waals surface area contributed by atoms with Crippen LogP contribution in [0.1, 0.15) is 107 Å². The molecular weight excluding hydrogens is 563 g/mol. The summed E-state index contributed by atoms with van der Waals surface area (Å²) in [5.41, 5.74) is 17.0. The van der Waals surface area contributed by atoms with Gasteiger partial charge in [-0.2, -0.15) is 0 Å². The molecule has 5 heteroatoms. The molecule has 2 aromatic carbocycles. The van der Waals surface area contributed by atoms with Crippen LogP contribution in [-0.4, -0.2) is 28.1 Å². The van der Waals surface area contributed by atoms with E-state index < -0.39 is 0 Å². The Kier molecular flexibility index (Phi) is 21.9. The zero-order valence-corrected chi connectivity index (χ0v) is 25.6. The van der Waals surface area contributed by atoms with Crippen LogP contribution in [0.3, 0.4) is 0 Å². The van der Waals surface area contributed by atoms with Gasteiger partial charge in [0.1, 0.15) is 0 Å². The number of aliphatic hydroxyl groups excluding tert-OH is 2. The van der Waals surface area contributed by atoms with E-state index in [0.29, 0.717) is 13.2 Å². The number of hydrogen-bond donors (Lipinski definition) is 2. The molecule has 0 saturated heterocycles. The quantitative estimate of drug-likeness (QED) is 0.135. The van der Waals surface area contributed by atoms with Gasteiger partial charge < -0.3 is 15.7 Å². The summed E-state index contributed by atoms with van der Waals surface area (Å²) in [5.74, 6) is 0. The number of unbranched alkanes of at least 4 members (excludes halogenated alkanes) is 7. The predicted molar refractivity (Wildman–Crippen MR) is 158 cm³/mol. The summed E-state index contributed by atoms with van der Waals surface area (Å²) in [7, 11) is 0. The van der Waals surface area contributed by atoms with Crippen LogP contribution in [0.4, 0.5) is 0 Å². The van der Waals surface area contributed by atoms with E-state index in [-0.39, 0.29) is 20.4 Å². The fraction of sp³-hybridized carbons (Fsp3) is 0.515. The first-order chi connectivity index (χ1) is 18.0. The van der Waals surface area contributed by atoms with Crippen LogP contribution in [0.5, 0.6) is 0 Å². The SMILES string of the molecule is CCCCCCCCc1ccc(C2=CC=C(c3cccc(C)c3)[N+]2=[N-])cc1.CCCCO.CCCCO.[Pd]. The minimum Gasteiger partial charge on any atom is -0.493 e. The molecular formula is C33H50N2O2Pd. The molecule has 2 aromatic rings. The molecule has 0 atom stereocenters. The van der Waals surface area contributed by atoms with Gasteiger partial charge in [0.25, 0.3) is 0 Å². The number of hydrogen-bond acceptors (Lipinski definition) is 2. The predicted octanol–water partition coefficient (Wildman–Crippen LogP) is 8.88. The first-order valence-corrected chi connectivity index (χ1v) is 14.3. The van der Waals surface area contributed by atoms with E-state index >= 15 is 0 Å². The maximum Gasteiger partial charge on any atom is 0.207 e. The average Bonchev–Trinajstić information content (AvgIpc) is 3.29. The minimum atomic E-state index is 0. The molecule has 1 aliphatic rings. The number of benzene rings is 2. The summed E-state index contributed by atoms with van der Waals surface area (Å²) < 4.78 is 1.30. The summed E-state index contributed by atoms with van der Waals surface area (Å²) in [6, 6.07) is 16.8. The van der Waals surface area contributed by atoms with Crippen molar-refractivity contribution in [3.05, 3.63) is 88.5 Å². The fourth-order valence-corrected chi connectivity index (χ4v) is 3.94. The van der Waals surface area contributed by atoms with Gasteiger partial charge in [0.05, 0.1) is 0 Å². The third-order valence-electron chi connectivity index (χ3n) is 6.26. The van der Waals surface area contributed by atoms with E-state index in [1.807, 2.05) is 24.3 Å². The smallest absolute Gasteiger partial charge is 0.207 e. The van der Waals surface area contributed by atoms with E-state index in [9.17, 15) is 5.53 Å². The Morgan fingerprint density at radius 1 is 0.658 bits per heavy atom. The molecule has 0 spiro atoms. The van der Waals surface area contributed by atoms with Gasteiger partial charge >= 0.3 is 0 Å². The molecule has 0 aliphatic carbocycles. The molecule has 4 nitrogen and oxygen atoms in total. The maximum absolute atomic E-state index is 10.7. The number of nitrogens with zero attached hydrogens (tertiary/aromatic N) is 2. The maximum atomic E-state index is 10.7. The molecule has 214 valence electrons. The van der Waals surface area contributed by atoms with Crippen molar-refractivity contribution < 1.29 is 35.3 Å². The van der Waals surface area contributed by atoms with Crippen LogP contribution in [0, 0.1) is 6.92 Å². The Bertz CT molecular complexity index is 942. The zero-order valence-electron chi connectivity index (χ0n) is 24.1. The van der Waals surface area contributed by atoms with Gasteiger partial charge in [-0.3, -0.25) is 0 Å². The van der Waals surface area contributed by atoms with Crippen molar-refractivity contribution >= 4 is 11.4 Å². The van der Waals surface area contributed by atoms with Crippen molar-refractivity contribution in [2.45, 2.75) is 98.3 Å². The van der Waals surface area contributed by atoms with E-state index in [1.165, 1.54) is 54.3 Å². The Morgan fingerprint density at radius 2 is 1.18 bits per heavy atom. The second kappa shape index (κ2) is 23.0. The average molecular weight is 613 g/mol. The van der Waals surface area contributed by atoms with E-state index in [2.05, 4.69) is 64.1 Å². The Labute approximate surface area is 246 Å². The van der Waals surface area contributed by atoms with Crippen LogP contribution in [0.15, 0.2) is 60.7 Å². The molecule has 0 unspecified atom stereocenters. The van der Waals surface area contributed by atoms with Gasteiger partial charge in [-0.15, -0.1) is 0 Å². The summed E-state index contributed by atoms with van der Waals surface area (Å²) in [6.07, 6.45) is 17.2. The summed E-state index contributed by atoms with van der Waals surface area (Å²) in [6.45, 7) is 9.12. The molecule has 0 aromatic heterocycles. The molecule has 38 heavy (non-hydrogen) atoms. The topological polar surface area (TPSA) is 65.8 Å². The van der Waals surface area contributed by atoms with E-state index in [4.69, 9.17) is 10.2 Å². The van der Waals surface area contributed by atoms with Crippen molar-refractivity contribution in [2.24, 2.45) is 0 Å². The first kappa shape index (κ1) is 36.1. The molecule has 0 radical (unpaired) electrons.